The summed E-state index contributed by atoms with van der Waals surface area (Å²) in [4.78, 5) is 11.9. The van der Waals surface area contributed by atoms with Gasteiger partial charge in [0.05, 0.1) is 6.54 Å². The highest BCUT2D eigenvalue weighted by molar-refractivity contribution is 5.78. The van der Waals surface area contributed by atoms with Crippen LogP contribution in [0.5, 0.6) is 0 Å². The van der Waals surface area contributed by atoms with Gasteiger partial charge in [0.25, 0.3) is 0 Å². The second-order valence-electron chi connectivity index (χ2n) is 5.92. The Kier molecular flexibility index (Phi) is 5.60. The van der Waals surface area contributed by atoms with Gasteiger partial charge in [0.2, 0.25) is 5.91 Å². The van der Waals surface area contributed by atoms with E-state index in [9.17, 15) is 4.79 Å². The molecular formula is C17H26N2O. The van der Waals surface area contributed by atoms with Gasteiger partial charge in [-0.25, -0.2) is 0 Å². The van der Waals surface area contributed by atoms with E-state index in [1.54, 1.807) is 0 Å². The van der Waals surface area contributed by atoms with E-state index in [0.717, 1.165) is 12.8 Å². The first-order valence-electron chi connectivity index (χ1n) is 7.74. The van der Waals surface area contributed by atoms with Gasteiger partial charge in [0.1, 0.15) is 0 Å². The van der Waals surface area contributed by atoms with Gasteiger partial charge in [-0.2, -0.15) is 0 Å². The minimum absolute atomic E-state index is 0.121. The highest BCUT2D eigenvalue weighted by atomic mass is 16.1. The molecule has 3 nitrogen and oxygen atoms in total. The molecule has 2 rings (SSSR count). The molecular weight excluding hydrogens is 248 g/mol. The van der Waals surface area contributed by atoms with Crippen LogP contribution in [0, 0.1) is 6.92 Å². The van der Waals surface area contributed by atoms with Gasteiger partial charge >= 0.3 is 0 Å². The smallest absolute Gasteiger partial charge is 0.234 e. The lowest BCUT2D eigenvalue weighted by Gasteiger charge is -2.23. The average Bonchev–Trinajstić information content (AvgIpc) is 2.46. The van der Waals surface area contributed by atoms with Crippen LogP contribution in [-0.2, 0) is 4.79 Å². The van der Waals surface area contributed by atoms with Crippen LogP contribution < -0.4 is 10.6 Å². The SMILES string of the molecule is Cc1ccc([C@H](C)NCC(=O)NC2CCCCC2)cc1. The van der Waals surface area contributed by atoms with Crippen LogP contribution in [0.4, 0.5) is 0 Å². The number of aryl methyl sites for hydroxylation is 1. The summed E-state index contributed by atoms with van der Waals surface area (Å²) in [6.45, 7) is 4.57. The first kappa shape index (κ1) is 15.0. The number of hydrogen-bond acceptors (Lipinski definition) is 2. The van der Waals surface area contributed by atoms with E-state index in [-0.39, 0.29) is 11.9 Å². The molecule has 1 saturated carbocycles. The molecule has 1 atom stereocenters. The molecule has 1 fully saturated rings. The minimum Gasteiger partial charge on any atom is -0.352 e. The molecule has 1 aromatic rings. The van der Waals surface area contributed by atoms with Crippen molar-refractivity contribution in [1.29, 1.82) is 0 Å². The van der Waals surface area contributed by atoms with Gasteiger partial charge in [0, 0.05) is 12.1 Å². The van der Waals surface area contributed by atoms with E-state index in [4.69, 9.17) is 0 Å². The zero-order chi connectivity index (χ0) is 14.4. The zero-order valence-corrected chi connectivity index (χ0v) is 12.6. The van der Waals surface area contributed by atoms with Gasteiger partial charge < -0.3 is 10.6 Å². The fraction of sp³-hybridized carbons (Fsp3) is 0.588. The molecule has 3 heteroatoms. The monoisotopic (exact) mass is 274 g/mol. The fourth-order valence-electron chi connectivity index (χ4n) is 2.74. The maximum absolute atomic E-state index is 11.9. The summed E-state index contributed by atoms with van der Waals surface area (Å²) in [5.74, 6) is 0.121. The maximum atomic E-state index is 11.9. The molecule has 1 aliphatic carbocycles. The molecule has 110 valence electrons. The quantitative estimate of drug-likeness (QED) is 0.866. The van der Waals surface area contributed by atoms with Crippen molar-refractivity contribution in [3.05, 3.63) is 35.4 Å². The van der Waals surface area contributed by atoms with Gasteiger partial charge in [0.15, 0.2) is 0 Å². The summed E-state index contributed by atoms with van der Waals surface area (Å²) < 4.78 is 0. The Morgan fingerprint density at radius 3 is 2.50 bits per heavy atom. The lowest BCUT2D eigenvalue weighted by atomic mass is 9.95. The highest BCUT2D eigenvalue weighted by Crippen LogP contribution is 2.17. The summed E-state index contributed by atoms with van der Waals surface area (Å²) in [6.07, 6.45) is 6.09. The van der Waals surface area contributed by atoms with Crippen LogP contribution >= 0.6 is 0 Å². The molecule has 0 bridgehead atoms. The van der Waals surface area contributed by atoms with Crippen molar-refractivity contribution in [2.24, 2.45) is 0 Å². The summed E-state index contributed by atoms with van der Waals surface area (Å²) in [6, 6.07) is 9.05. The molecule has 20 heavy (non-hydrogen) atoms. The summed E-state index contributed by atoms with van der Waals surface area (Å²) in [5.41, 5.74) is 2.48. The molecule has 0 spiro atoms. The van der Waals surface area contributed by atoms with E-state index in [0.29, 0.717) is 12.6 Å². The van der Waals surface area contributed by atoms with Crippen molar-refractivity contribution in [1.82, 2.24) is 10.6 Å². The normalized spacial score (nSPS) is 17.7. The lowest BCUT2D eigenvalue weighted by Crippen LogP contribution is -2.41. The van der Waals surface area contributed by atoms with Crippen LogP contribution in [0.15, 0.2) is 24.3 Å². The Morgan fingerprint density at radius 1 is 1.20 bits per heavy atom. The zero-order valence-electron chi connectivity index (χ0n) is 12.6. The third kappa shape index (κ3) is 4.64. The number of carbonyl (C=O) groups is 1. The van der Waals surface area contributed by atoms with Crippen LogP contribution in [0.1, 0.15) is 56.2 Å². The van der Waals surface area contributed by atoms with E-state index in [1.807, 2.05) is 0 Å². The molecule has 1 amide bonds. The second-order valence-corrected chi connectivity index (χ2v) is 5.92. The Morgan fingerprint density at radius 2 is 1.85 bits per heavy atom. The van der Waals surface area contributed by atoms with Crippen molar-refractivity contribution in [2.75, 3.05) is 6.54 Å². The Hall–Kier alpha value is -1.35. The molecule has 0 aliphatic heterocycles. The van der Waals surface area contributed by atoms with Crippen LogP contribution in [0.3, 0.4) is 0 Å². The number of benzene rings is 1. The molecule has 1 aromatic carbocycles. The van der Waals surface area contributed by atoms with Crippen molar-refractivity contribution in [3.63, 3.8) is 0 Å². The minimum atomic E-state index is 0.121. The number of amides is 1. The molecule has 0 radical (unpaired) electrons. The van der Waals surface area contributed by atoms with Gasteiger partial charge in [-0.1, -0.05) is 49.1 Å². The second kappa shape index (κ2) is 7.44. The number of nitrogens with one attached hydrogen (secondary N) is 2. The third-order valence-corrected chi connectivity index (χ3v) is 4.12. The Balaban J connectivity index is 1.73. The van der Waals surface area contributed by atoms with E-state index in [2.05, 4.69) is 48.7 Å². The number of rotatable bonds is 5. The van der Waals surface area contributed by atoms with E-state index >= 15 is 0 Å². The van der Waals surface area contributed by atoms with E-state index in [1.165, 1.54) is 30.4 Å². The summed E-state index contributed by atoms with van der Waals surface area (Å²) in [5, 5.41) is 6.43. The van der Waals surface area contributed by atoms with Crippen molar-refractivity contribution in [3.8, 4) is 0 Å². The molecule has 1 aliphatic rings. The molecule has 0 saturated heterocycles. The van der Waals surface area contributed by atoms with Crippen LogP contribution in [0.2, 0.25) is 0 Å². The Labute approximate surface area is 122 Å². The van der Waals surface area contributed by atoms with Crippen LogP contribution in [0.25, 0.3) is 0 Å². The number of carbonyl (C=O) groups excluding carboxylic acids is 1. The largest absolute Gasteiger partial charge is 0.352 e. The highest BCUT2D eigenvalue weighted by Gasteiger charge is 2.15. The van der Waals surface area contributed by atoms with Gasteiger partial charge in [-0.05, 0) is 32.3 Å². The predicted molar refractivity (Wildman–Crippen MR) is 82.6 cm³/mol. The Bertz CT molecular complexity index is 421. The first-order valence-corrected chi connectivity index (χ1v) is 7.74. The maximum Gasteiger partial charge on any atom is 0.234 e. The average molecular weight is 274 g/mol. The molecule has 0 heterocycles. The van der Waals surface area contributed by atoms with Crippen molar-refractivity contribution in [2.45, 2.75) is 58.0 Å². The lowest BCUT2D eigenvalue weighted by molar-refractivity contribution is -0.121. The topological polar surface area (TPSA) is 41.1 Å². The van der Waals surface area contributed by atoms with Crippen molar-refractivity contribution >= 4 is 5.91 Å². The molecule has 0 aromatic heterocycles. The van der Waals surface area contributed by atoms with Crippen molar-refractivity contribution < 1.29 is 4.79 Å². The number of hydrogen-bond donors (Lipinski definition) is 2. The predicted octanol–water partition coefficient (Wildman–Crippen LogP) is 3.09. The third-order valence-electron chi connectivity index (χ3n) is 4.12. The summed E-state index contributed by atoms with van der Waals surface area (Å²) in [7, 11) is 0. The standard InChI is InChI=1S/C17H26N2O/c1-13-8-10-15(11-9-13)14(2)18-12-17(20)19-16-6-4-3-5-7-16/h8-11,14,16,18H,3-7,12H2,1-2H3,(H,19,20)/t14-/m0/s1. The van der Waals surface area contributed by atoms with E-state index < -0.39 is 0 Å². The fourth-order valence-corrected chi connectivity index (χ4v) is 2.74. The molecule has 0 unspecified atom stereocenters. The first-order chi connectivity index (χ1) is 9.65. The van der Waals surface area contributed by atoms with Crippen LogP contribution in [-0.4, -0.2) is 18.5 Å². The summed E-state index contributed by atoms with van der Waals surface area (Å²) >= 11 is 0. The van der Waals surface area contributed by atoms with Gasteiger partial charge in [-0.15, -0.1) is 0 Å². The molecule has 2 N–H and O–H groups in total. The van der Waals surface area contributed by atoms with Gasteiger partial charge in [-0.3, -0.25) is 4.79 Å².